The van der Waals surface area contributed by atoms with Gasteiger partial charge in [-0.15, -0.1) is 0 Å². The molecule has 2 amide bonds. The quantitative estimate of drug-likeness (QED) is 0.831. The van der Waals surface area contributed by atoms with Crippen LogP contribution in [-0.2, 0) is 4.79 Å². The Hall–Kier alpha value is -2.82. The molecular formula is C21H26N2O3. The first kappa shape index (κ1) is 19.5. The number of anilines is 1. The molecular weight excluding hydrogens is 328 g/mol. The van der Waals surface area contributed by atoms with Gasteiger partial charge in [-0.3, -0.25) is 9.59 Å². The lowest BCUT2D eigenvalue weighted by atomic mass is 10.0. The van der Waals surface area contributed by atoms with E-state index in [0.717, 1.165) is 16.8 Å². The first-order chi connectivity index (χ1) is 12.3. The van der Waals surface area contributed by atoms with Crippen molar-refractivity contribution < 1.29 is 14.3 Å². The number of carbonyl (C=O) groups excluding carboxylic acids is 2. The SMILES string of the molecule is COc1ccccc1C(=O)N[C@@H](C(=O)Nc1cc(C)cc(C)c1)C(C)C. The third kappa shape index (κ3) is 4.85. The minimum absolute atomic E-state index is 0.0698. The third-order valence-corrected chi connectivity index (χ3v) is 4.08. The Morgan fingerprint density at radius 2 is 1.62 bits per heavy atom. The number of para-hydroxylation sites is 1. The van der Waals surface area contributed by atoms with Crippen LogP contribution in [0.5, 0.6) is 5.75 Å². The minimum Gasteiger partial charge on any atom is -0.496 e. The van der Waals surface area contributed by atoms with E-state index in [1.165, 1.54) is 7.11 Å². The van der Waals surface area contributed by atoms with E-state index in [9.17, 15) is 9.59 Å². The molecule has 0 aliphatic rings. The molecule has 0 bridgehead atoms. The van der Waals surface area contributed by atoms with Crippen LogP contribution >= 0.6 is 0 Å². The molecule has 0 saturated heterocycles. The predicted octanol–water partition coefficient (Wildman–Crippen LogP) is 3.71. The Morgan fingerprint density at radius 1 is 1.00 bits per heavy atom. The topological polar surface area (TPSA) is 67.4 Å². The van der Waals surface area contributed by atoms with Crippen LogP contribution in [0.25, 0.3) is 0 Å². The first-order valence-corrected chi connectivity index (χ1v) is 8.65. The summed E-state index contributed by atoms with van der Waals surface area (Å²) in [7, 11) is 1.51. The van der Waals surface area contributed by atoms with Gasteiger partial charge in [0, 0.05) is 5.69 Å². The average Bonchev–Trinajstić information content (AvgIpc) is 2.58. The van der Waals surface area contributed by atoms with Gasteiger partial charge in [-0.2, -0.15) is 0 Å². The van der Waals surface area contributed by atoms with E-state index >= 15 is 0 Å². The number of hydrogen-bond acceptors (Lipinski definition) is 3. The van der Waals surface area contributed by atoms with E-state index < -0.39 is 6.04 Å². The second kappa shape index (κ2) is 8.52. The smallest absolute Gasteiger partial charge is 0.255 e. The summed E-state index contributed by atoms with van der Waals surface area (Å²) in [6.45, 7) is 7.75. The van der Waals surface area contributed by atoms with Gasteiger partial charge in [0.2, 0.25) is 5.91 Å². The van der Waals surface area contributed by atoms with Crippen LogP contribution < -0.4 is 15.4 Å². The van der Waals surface area contributed by atoms with Crippen molar-refractivity contribution in [1.82, 2.24) is 5.32 Å². The fourth-order valence-electron chi connectivity index (χ4n) is 2.85. The van der Waals surface area contributed by atoms with E-state index in [0.29, 0.717) is 11.3 Å². The van der Waals surface area contributed by atoms with Gasteiger partial charge in [-0.25, -0.2) is 0 Å². The molecule has 0 radical (unpaired) electrons. The number of rotatable bonds is 6. The van der Waals surface area contributed by atoms with Crippen LogP contribution in [0.1, 0.15) is 35.3 Å². The highest BCUT2D eigenvalue weighted by molar-refractivity contribution is 6.02. The molecule has 0 unspecified atom stereocenters. The molecule has 0 heterocycles. The molecule has 0 aliphatic carbocycles. The lowest BCUT2D eigenvalue weighted by molar-refractivity contribution is -0.118. The number of methoxy groups -OCH3 is 1. The zero-order valence-corrected chi connectivity index (χ0v) is 15.9. The van der Waals surface area contributed by atoms with Crippen LogP contribution in [0.4, 0.5) is 5.69 Å². The fraction of sp³-hybridized carbons (Fsp3) is 0.333. The lowest BCUT2D eigenvalue weighted by Crippen LogP contribution is -2.47. The van der Waals surface area contributed by atoms with Crippen molar-refractivity contribution in [2.45, 2.75) is 33.7 Å². The van der Waals surface area contributed by atoms with E-state index in [4.69, 9.17) is 4.74 Å². The van der Waals surface area contributed by atoms with Crippen molar-refractivity contribution in [3.05, 3.63) is 59.2 Å². The Labute approximate surface area is 154 Å². The second-order valence-electron chi connectivity index (χ2n) is 6.76. The normalized spacial score (nSPS) is 11.8. The van der Waals surface area contributed by atoms with Gasteiger partial charge >= 0.3 is 0 Å². The van der Waals surface area contributed by atoms with Gasteiger partial charge in [-0.1, -0.05) is 32.0 Å². The van der Waals surface area contributed by atoms with E-state index in [1.807, 2.05) is 45.9 Å². The standard InChI is InChI=1S/C21H26N2O3/c1-13(2)19(21(25)22-16-11-14(3)10-15(4)12-16)23-20(24)17-8-6-7-9-18(17)26-5/h6-13,19H,1-5H3,(H,22,25)(H,23,24)/t19-/m1/s1. The molecule has 5 heteroatoms. The van der Waals surface area contributed by atoms with Crippen molar-refractivity contribution >= 4 is 17.5 Å². The van der Waals surface area contributed by atoms with Crippen LogP contribution in [0.2, 0.25) is 0 Å². The number of amides is 2. The number of benzene rings is 2. The summed E-state index contributed by atoms with van der Waals surface area (Å²) in [5.74, 6) is -0.174. The van der Waals surface area contributed by atoms with Gasteiger partial charge in [0.1, 0.15) is 11.8 Å². The summed E-state index contributed by atoms with van der Waals surface area (Å²) in [4.78, 5) is 25.4. The van der Waals surface area contributed by atoms with Gasteiger partial charge in [0.25, 0.3) is 5.91 Å². The first-order valence-electron chi connectivity index (χ1n) is 8.65. The summed E-state index contributed by atoms with van der Waals surface area (Å²) in [5.41, 5.74) is 3.27. The lowest BCUT2D eigenvalue weighted by Gasteiger charge is -2.22. The molecule has 0 aromatic heterocycles. The Morgan fingerprint density at radius 3 is 2.19 bits per heavy atom. The van der Waals surface area contributed by atoms with Crippen molar-refractivity contribution in [2.75, 3.05) is 12.4 Å². The average molecular weight is 354 g/mol. The number of aryl methyl sites for hydroxylation is 2. The third-order valence-electron chi connectivity index (χ3n) is 4.08. The summed E-state index contributed by atoms with van der Waals surface area (Å²) < 4.78 is 5.23. The maximum Gasteiger partial charge on any atom is 0.255 e. The van der Waals surface area contributed by atoms with Crippen LogP contribution in [0, 0.1) is 19.8 Å². The van der Waals surface area contributed by atoms with Crippen LogP contribution in [0.15, 0.2) is 42.5 Å². The molecule has 26 heavy (non-hydrogen) atoms. The Kier molecular flexibility index (Phi) is 6.39. The van der Waals surface area contributed by atoms with Crippen molar-refractivity contribution in [1.29, 1.82) is 0 Å². The zero-order valence-electron chi connectivity index (χ0n) is 15.9. The molecule has 0 spiro atoms. The van der Waals surface area contributed by atoms with Crippen LogP contribution in [0.3, 0.4) is 0 Å². The van der Waals surface area contributed by atoms with Crippen LogP contribution in [-0.4, -0.2) is 25.0 Å². The predicted molar refractivity (Wildman–Crippen MR) is 104 cm³/mol. The van der Waals surface area contributed by atoms with Gasteiger partial charge in [0.05, 0.1) is 12.7 Å². The Balaban J connectivity index is 2.17. The van der Waals surface area contributed by atoms with E-state index in [1.54, 1.807) is 24.3 Å². The monoisotopic (exact) mass is 354 g/mol. The molecule has 1 atom stereocenters. The second-order valence-corrected chi connectivity index (χ2v) is 6.76. The summed E-state index contributed by atoms with van der Waals surface area (Å²) in [5, 5.41) is 5.73. The maximum atomic E-state index is 12.7. The van der Waals surface area contributed by atoms with Gasteiger partial charge in [-0.05, 0) is 55.2 Å². The van der Waals surface area contributed by atoms with Crippen molar-refractivity contribution in [2.24, 2.45) is 5.92 Å². The molecule has 138 valence electrons. The number of nitrogens with one attached hydrogen (secondary N) is 2. The summed E-state index contributed by atoms with van der Waals surface area (Å²) >= 11 is 0. The van der Waals surface area contributed by atoms with Crippen molar-refractivity contribution in [3.63, 3.8) is 0 Å². The summed E-state index contributed by atoms with van der Waals surface area (Å²) in [6.07, 6.45) is 0. The zero-order chi connectivity index (χ0) is 19.3. The highest BCUT2D eigenvalue weighted by atomic mass is 16.5. The molecule has 2 aromatic carbocycles. The van der Waals surface area contributed by atoms with Gasteiger partial charge < -0.3 is 15.4 Å². The molecule has 2 rings (SSSR count). The number of ether oxygens (including phenoxy) is 1. The Bertz CT molecular complexity index is 779. The molecule has 2 N–H and O–H groups in total. The highest BCUT2D eigenvalue weighted by Gasteiger charge is 2.26. The molecule has 5 nitrogen and oxygen atoms in total. The number of hydrogen-bond donors (Lipinski definition) is 2. The largest absolute Gasteiger partial charge is 0.496 e. The molecule has 0 fully saturated rings. The van der Waals surface area contributed by atoms with E-state index in [-0.39, 0.29) is 17.7 Å². The maximum absolute atomic E-state index is 12.7. The van der Waals surface area contributed by atoms with Gasteiger partial charge in [0.15, 0.2) is 0 Å². The minimum atomic E-state index is -0.659. The molecule has 0 aliphatic heterocycles. The molecule has 0 saturated carbocycles. The number of carbonyl (C=O) groups is 2. The van der Waals surface area contributed by atoms with E-state index in [2.05, 4.69) is 10.6 Å². The molecule has 2 aromatic rings. The summed E-state index contributed by atoms with van der Waals surface area (Å²) in [6, 6.07) is 12.1. The fourth-order valence-corrected chi connectivity index (χ4v) is 2.85. The highest BCUT2D eigenvalue weighted by Crippen LogP contribution is 2.19. The van der Waals surface area contributed by atoms with Crippen molar-refractivity contribution in [3.8, 4) is 5.75 Å².